The van der Waals surface area contributed by atoms with Crippen molar-refractivity contribution in [2.24, 2.45) is 0 Å². The average Bonchev–Trinajstić information content (AvgIpc) is 3.62. The lowest BCUT2D eigenvalue weighted by molar-refractivity contribution is 0.102. The quantitative estimate of drug-likeness (QED) is 0.295. The highest BCUT2D eigenvalue weighted by atomic mass is 35.5. The second kappa shape index (κ2) is 9.48. The van der Waals surface area contributed by atoms with E-state index >= 15 is 0 Å². The van der Waals surface area contributed by atoms with Gasteiger partial charge in [-0.3, -0.25) is 4.79 Å². The van der Waals surface area contributed by atoms with Crippen molar-refractivity contribution >= 4 is 34.4 Å². The maximum atomic E-state index is 13.6. The Balaban J connectivity index is 1.40. The molecule has 0 fully saturated rings. The van der Waals surface area contributed by atoms with E-state index < -0.39 is 5.91 Å². The molecule has 39 heavy (non-hydrogen) atoms. The van der Waals surface area contributed by atoms with E-state index in [0.29, 0.717) is 50.4 Å². The number of anilines is 1. The van der Waals surface area contributed by atoms with Gasteiger partial charge in [0.2, 0.25) is 0 Å². The zero-order valence-electron chi connectivity index (χ0n) is 21.6. The first kappa shape index (κ1) is 24.5. The summed E-state index contributed by atoms with van der Waals surface area (Å²) in [7, 11) is 0. The highest BCUT2D eigenvalue weighted by molar-refractivity contribution is 6.33. The molecule has 0 bridgehead atoms. The maximum Gasteiger partial charge on any atom is 0.262 e. The van der Waals surface area contributed by atoms with E-state index in [1.165, 1.54) is 11.9 Å². The van der Waals surface area contributed by atoms with E-state index in [0.717, 1.165) is 11.3 Å². The van der Waals surface area contributed by atoms with Crippen LogP contribution in [0.1, 0.15) is 32.9 Å². The van der Waals surface area contributed by atoms with E-state index in [4.69, 9.17) is 16.1 Å². The lowest BCUT2D eigenvalue weighted by Crippen LogP contribution is -2.17. The number of hydrogen-bond donors (Lipinski definition) is 1. The molecule has 11 heteroatoms. The Labute approximate surface area is 228 Å². The van der Waals surface area contributed by atoms with E-state index in [-0.39, 0.29) is 5.56 Å². The molecule has 0 radical (unpaired) electrons. The van der Waals surface area contributed by atoms with Gasteiger partial charge in [-0.2, -0.15) is 14.9 Å². The number of aryl methyl sites for hydroxylation is 4. The Hall–Kier alpha value is -4.83. The van der Waals surface area contributed by atoms with E-state index in [1.807, 2.05) is 31.2 Å². The number of benzene rings is 2. The van der Waals surface area contributed by atoms with Gasteiger partial charge < -0.3 is 9.84 Å². The molecule has 10 nitrogen and oxygen atoms in total. The Morgan fingerprint density at radius 1 is 0.974 bits per heavy atom. The zero-order valence-corrected chi connectivity index (χ0v) is 22.4. The van der Waals surface area contributed by atoms with Crippen molar-refractivity contribution in [1.82, 2.24) is 34.7 Å². The van der Waals surface area contributed by atoms with Gasteiger partial charge in [-0.05, 0) is 57.0 Å². The predicted octanol–water partition coefficient (Wildman–Crippen LogP) is 5.80. The van der Waals surface area contributed by atoms with Crippen molar-refractivity contribution in [3.05, 3.63) is 94.2 Å². The number of hydrogen-bond acceptors (Lipinski definition) is 7. The summed E-state index contributed by atoms with van der Waals surface area (Å²) in [5.74, 6) is 0.847. The first-order chi connectivity index (χ1) is 18.8. The molecule has 0 unspecified atom stereocenters. The zero-order chi connectivity index (χ0) is 27.3. The Morgan fingerprint density at radius 2 is 1.79 bits per heavy atom. The highest BCUT2D eigenvalue weighted by Crippen LogP contribution is 2.32. The fourth-order valence-corrected chi connectivity index (χ4v) is 4.68. The molecule has 4 heterocycles. The molecule has 1 amide bonds. The Kier molecular flexibility index (Phi) is 5.96. The summed E-state index contributed by atoms with van der Waals surface area (Å²) in [6.07, 6.45) is 3.15. The molecule has 0 atom stereocenters. The van der Waals surface area contributed by atoms with Crippen molar-refractivity contribution in [2.45, 2.75) is 27.7 Å². The minimum atomic E-state index is -0.416. The molecule has 0 aliphatic heterocycles. The van der Waals surface area contributed by atoms with E-state index in [9.17, 15) is 4.79 Å². The van der Waals surface area contributed by atoms with Gasteiger partial charge in [0.15, 0.2) is 11.5 Å². The van der Waals surface area contributed by atoms with Gasteiger partial charge in [0.05, 0.1) is 28.0 Å². The maximum absolute atomic E-state index is 13.6. The topological polar surface area (TPSA) is 117 Å². The number of halogens is 1. The number of nitrogens with one attached hydrogen (secondary N) is 1. The third kappa shape index (κ3) is 4.24. The fourth-order valence-electron chi connectivity index (χ4n) is 4.45. The first-order valence-electron chi connectivity index (χ1n) is 12.2. The van der Waals surface area contributed by atoms with Crippen molar-refractivity contribution in [2.75, 3.05) is 5.32 Å². The molecular weight excluding hydrogens is 516 g/mol. The highest BCUT2D eigenvalue weighted by Gasteiger charge is 2.25. The molecule has 0 saturated heterocycles. The second-order valence-electron chi connectivity index (χ2n) is 9.24. The SMILES string of the molecule is Cc1cc(NC(=O)c2c(-c3ccccc3Cl)noc2C)n(-c2ncnc3c2cnn3-c2ccc(C)c(C)c2)n1. The molecule has 2 aromatic carbocycles. The van der Waals surface area contributed by atoms with Gasteiger partial charge in [0.1, 0.15) is 29.2 Å². The summed E-state index contributed by atoms with van der Waals surface area (Å²) in [4.78, 5) is 22.5. The van der Waals surface area contributed by atoms with Crippen molar-refractivity contribution in [3.63, 3.8) is 0 Å². The number of fused-ring (bicyclic) bond motifs is 1. The van der Waals surface area contributed by atoms with Crippen LogP contribution in [0.5, 0.6) is 0 Å². The van der Waals surface area contributed by atoms with Crippen LogP contribution in [0.3, 0.4) is 0 Å². The molecular formula is C28H23ClN8O2. The Bertz CT molecular complexity index is 1880. The molecule has 0 aliphatic rings. The largest absolute Gasteiger partial charge is 0.360 e. The molecule has 0 saturated carbocycles. The normalized spacial score (nSPS) is 11.3. The molecule has 6 aromatic rings. The van der Waals surface area contributed by atoms with Crippen LogP contribution in [0.25, 0.3) is 33.8 Å². The summed E-state index contributed by atoms with van der Waals surface area (Å²) in [5, 5.41) is 17.4. The second-order valence-corrected chi connectivity index (χ2v) is 9.65. The average molecular weight is 539 g/mol. The number of aromatic nitrogens is 7. The minimum absolute atomic E-state index is 0.281. The molecule has 6 rings (SSSR count). The van der Waals surface area contributed by atoms with Crippen LogP contribution < -0.4 is 5.32 Å². The number of amides is 1. The summed E-state index contributed by atoms with van der Waals surface area (Å²) >= 11 is 6.38. The van der Waals surface area contributed by atoms with Gasteiger partial charge in [0.25, 0.3) is 5.91 Å². The monoisotopic (exact) mass is 538 g/mol. The third-order valence-corrected chi connectivity index (χ3v) is 6.90. The van der Waals surface area contributed by atoms with Crippen LogP contribution in [-0.2, 0) is 0 Å². The van der Waals surface area contributed by atoms with Crippen molar-refractivity contribution in [3.8, 4) is 22.8 Å². The molecule has 194 valence electrons. The van der Waals surface area contributed by atoms with Crippen LogP contribution in [-0.4, -0.2) is 40.6 Å². The smallest absolute Gasteiger partial charge is 0.262 e. The van der Waals surface area contributed by atoms with Gasteiger partial charge in [0, 0.05) is 11.6 Å². The van der Waals surface area contributed by atoms with Crippen LogP contribution in [0.4, 0.5) is 5.82 Å². The summed E-state index contributed by atoms with van der Waals surface area (Å²) in [6.45, 7) is 7.64. The van der Waals surface area contributed by atoms with E-state index in [2.05, 4.69) is 50.6 Å². The lowest BCUT2D eigenvalue weighted by atomic mass is 10.1. The lowest BCUT2D eigenvalue weighted by Gasteiger charge is -2.10. The Morgan fingerprint density at radius 3 is 2.59 bits per heavy atom. The minimum Gasteiger partial charge on any atom is -0.360 e. The number of rotatable bonds is 5. The van der Waals surface area contributed by atoms with Crippen LogP contribution >= 0.6 is 11.6 Å². The summed E-state index contributed by atoms with van der Waals surface area (Å²) < 4.78 is 8.71. The summed E-state index contributed by atoms with van der Waals surface area (Å²) in [5.41, 5.74) is 5.77. The predicted molar refractivity (Wildman–Crippen MR) is 148 cm³/mol. The van der Waals surface area contributed by atoms with E-state index in [1.54, 1.807) is 40.7 Å². The van der Waals surface area contributed by atoms with Gasteiger partial charge in [-0.25, -0.2) is 14.6 Å². The van der Waals surface area contributed by atoms with Crippen LogP contribution in [0, 0.1) is 27.7 Å². The van der Waals surface area contributed by atoms with Gasteiger partial charge in [-0.1, -0.05) is 41.0 Å². The van der Waals surface area contributed by atoms with Gasteiger partial charge in [-0.15, -0.1) is 0 Å². The van der Waals surface area contributed by atoms with Crippen LogP contribution in [0.15, 0.2) is 65.6 Å². The number of nitrogens with zero attached hydrogens (tertiary/aromatic N) is 7. The molecule has 0 aliphatic carbocycles. The standard InChI is InChI=1S/C28H23ClN8O2/c1-15-9-10-19(11-16(15)2)36-26-21(13-32-36)27(31-14-30-26)37-23(12-17(3)34-37)33-28(38)24-18(4)39-35-25(24)20-7-5-6-8-22(20)29/h5-14H,1-4H3,(H,33,38). The van der Waals surface area contributed by atoms with Gasteiger partial charge >= 0.3 is 0 Å². The molecule has 0 spiro atoms. The number of carbonyl (C=O) groups is 1. The third-order valence-electron chi connectivity index (χ3n) is 6.57. The van der Waals surface area contributed by atoms with Crippen molar-refractivity contribution < 1.29 is 9.32 Å². The molecule has 1 N–H and O–H groups in total. The fraction of sp³-hybridized carbons (Fsp3) is 0.143. The number of carbonyl (C=O) groups excluding carboxylic acids is 1. The van der Waals surface area contributed by atoms with Crippen molar-refractivity contribution in [1.29, 1.82) is 0 Å². The summed E-state index contributed by atoms with van der Waals surface area (Å²) in [6, 6.07) is 15.0. The van der Waals surface area contributed by atoms with Crippen LogP contribution in [0.2, 0.25) is 5.02 Å². The first-order valence-corrected chi connectivity index (χ1v) is 12.6. The molecule has 4 aromatic heterocycles.